The summed E-state index contributed by atoms with van der Waals surface area (Å²) in [6, 6.07) is -0.393. The summed E-state index contributed by atoms with van der Waals surface area (Å²) >= 11 is 0. The van der Waals surface area contributed by atoms with Crippen LogP contribution in [0.4, 0.5) is 0 Å². The van der Waals surface area contributed by atoms with E-state index in [0.717, 1.165) is 13.0 Å². The van der Waals surface area contributed by atoms with Crippen LogP contribution in [0, 0.1) is 13.8 Å². The lowest BCUT2D eigenvalue weighted by molar-refractivity contribution is 0.0327. The molecule has 2 saturated heterocycles. The quantitative estimate of drug-likeness (QED) is 0.802. The SMILES string of the molecule is CCCN1CCN(C(=O)c2nc(C)oc2C)C2CS(=O)(=O)CC21. The first-order chi connectivity index (χ1) is 10.8. The first kappa shape index (κ1) is 16.4. The number of rotatable bonds is 3. The van der Waals surface area contributed by atoms with Gasteiger partial charge in [-0.2, -0.15) is 0 Å². The molecule has 0 saturated carbocycles. The Morgan fingerprint density at radius 3 is 2.57 bits per heavy atom. The first-order valence-electron chi connectivity index (χ1n) is 8.02. The molecule has 2 aliphatic heterocycles. The van der Waals surface area contributed by atoms with E-state index in [1.165, 1.54) is 0 Å². The van der Waals surface area contributed by atoms with Crippen molar-refractivity contribution in [2.45, 2.75) is 39.3 Å². The molecule has 2 fully saturated rings. The number of carbonyl (C=O) groups is 1. The Hall–Kier alpha value is -1.41. The van der Waals surface area contributed by atoms with Gasteiger partial charge in [-0.05, 0) is 19.9 Å². The van der Waals surface area contributed by atoms with Gasteiger partial charge in [-0.1, -0.05) is 6.92 Å². The molecule has 0 aliphatic carbocycles. The molecule has 3 rings (SSSR count). The summed E-state index contributed by atoms with van der Waals surface area (Å²) in [4.78, 5) is 20.9. The van der Waals surface area contributed by atoms with Gasteiger partial charge in [-0.25, -0.2) is 13.4 Å². The summed E-state index contributed by atoms with van der Waals surface area (Å²) in [6.07, 6.45) is 0.971. The Morgan fingerprint density at radius 1 is 1.26 bits per heavy atom. The van der Waals surface area contributed by atoms with E-state index in [1.807, 2.05) is 0 Å². The number of aryl methyl sites for hydroxylation is 2. The number of nitrogens with zero attached hydrogens (tertiary/aromatic N) is 3. The number of sulfone groups is 1. The molecule has 1 amide bonds. The largest absolute Gasteiger partial charge is 0.445 e. The Bertz CT molecular complexity index is 712. The summed E-state index contributed by atoms with van der Waals surface area (Å²) in [5.74, 6) is 0.896. The molecule has 1 aromatic rings. The second-order valence-electron chi connectivity index (χ2n) is 6.38. The minimum atomic E-state index is -3.11. The van der Waals surface area contributed by atoms with E-state index in [0.29, 0.717) is 30.4 Å². The van der Waals surface area contributed by atoms with E-state index in [4.69, 9.17) is 4.42 Å². The molecule has 2 aliphatic rings. The zero-order valence-electron chi connectivity index (χ0n) is 13.8. The molecule has 1 aromatic heterocycles. The van der Waals surface area contributed by atoms with Crippen LogP contribution < -0.4 is 0 Å². The molecule has 0 aromatic carbocycles. The van der Waals surface area contributed by atoms with E-state index in [1.54, 1.807) is 18.7 Å². The highest BCUT2D eigenvalue weighted by molar-refractivity contribution is 7.91. The van der Waals surface area contributed by atoms with E-state index >= 15 is 0 Å². The molecule has 0 N–H and O–H groups in total. The number of piperazine rings is 1. The van der Waals surface area contributed by atoms with E-state index in [9.17, 15) is 13.2 Å². The predicted molar refractivity (Wildman–Crippen MR) is 85.1 cm³/mol. The topological polar surface area (TPSA) is 83.7 Å². The van der Waals surface area contributed by atoms with Crippen LogP contribution in [-0.2, 0) is 9.84 Å². The van der Waals surface area contributed by atoms with Crippen molar-refractivity contribution in [1.82, 2.24) is 14.8 Å². The summed E-state index contributed by atoms with van der Waals surface area (Å²) < 4.78 is 29.6. The molecule has 7 nitrogen and oxygen atoms in total. The molecule has 23 heavy (non-hydrogen) atoms. The highest BCUT2D eigenvalue weighted by Gasteiger charge is 2.48. The fourth-order valence-electron chi connectivity index (χ4n) is 3.71. The van der Waals surface area contributed by atoms with Gasteiger partial charge in [0.25, 0.3) is 5.91 Å². The highest BCUT2D eigenvalue weighted by Crippen LogP contribution is 2.28. The normalized spacial score (nSPS) is 27.2. The lowest BCUT2D eigenvalue weighted by Gasteiger charge is -2.43. The molecule has 2 atom stereocenters. The van der Waals surface area contributed by atoms with Crippen molar-refractivity contribution >= 4 is 15.7 Å². The van der Waals surface area contributed by atoms with Gasteiger partial charge < -0.3 is 9.32 Å². The summed E-state index contributed by atoms with van der Waals surface area (Å²) in [7, 11) is -3.11. The molecule has 0 bridgehead atoms. The molecular weight excluding hydrogens is 318 g/mol. The molecule has 0 spiro atoms. The van der Waals surface area contributed by atoms with Crippen LogP contribution in [0.25, 0.3) is 0 Å². The molecule has 128 valence electrons. The maximum absolute atomic E-state index is 12.8. The van der Waals surface area contributed by atoms with Crippen LogP contribution in [-0.4, -0.2) is 72.3 Å². The van der Waals surface area contributed by atoms with E-state index in [-0.39, 0.29) is 29.5 Å². The Kier molecular flexibility index (Phi) is 4.22. The smallest absolute Gasteiger partial charge is 0.276 e. The summed E-state index contributed by atoms with van der Waals surface area (Å²) in [6.45, 7) is 7.58. The molecule has 0 radical (unpaired) electrons. The van der Waals surface area contributed by atoms with Gasteiger partial charge in [-0.15, -0.1) is 0 Å². The van der Waals surface area contributed by atoms with Crippen molar-refractivity contribution in [2.75, 3.05) is 31.1 Å². The third-order valence-electron chi connectivity index (χ3n) is 4.67. The Morgan fingerprint density at radius 2 is 1.96 bits per heavy atom. The minimum Gasteiger partial charge on any atom is -0.445 e. The Balaban J connectivity index is 1.89. The van der Waals surface area contributed by atoms with Crippen molar-refractivity contribution in [3.63, 3.8) is 0 Å². The number of oxazole rings is 1. The predicted octanol–water partition coefficient (Wildman–Crippen LogP) is 0.625. The fraction of sp³-hybridized carbons (Fsp3) is 0.733. The van der Waals surface area contributed by atoms with Gasteiger partial charge in [0, 0.05) is 26.1 Å². The van der Waals surface area contributed by atoms with Gasteiger partial charge in [-0.3, -0.25) is 9.69 Å². The monoisotopic (exact) mass is 341 g/mol. The van der Waals surface area contributed by atoms with E-state index in [2.05, 4.69) is 16.8 Å². The van der Waals surface area contributed by atoms with Crippen molar-refractivity contribution in [2.24, 2.45) is 0 Å². The van der Waals surface area contributed by atoms with Crippen molar-refractivity contribution in [1.29, 1.82) is 0 Å². The van der Waals surface area contributed by atoms with Gasteiger partial charge in [0.1, 0.15) is 5.76 Å². The van der Waals surface area contributed by atoms with Crippen LogP contribution in [0.3, 0.4) is 0 Å². The third kappa shape index (κ3) is 3.01. The molecule has 8 heteroatoms. The maximum atomic E-state index is 12.8. The zero-order valence-corrected chi connectivity index (χ0v) is 14.6. The van der Waals surface area contributed by atoms with Gasteiger partial charge in [0.2, 0.25) is 0 Å². The van der Waals surface area contributed by atoms with Crippen LogP contribution in [0.2, 0.25) is 0 Å². The summed E-state index contributed by atoms with van der Waals surface area (Å²) in [5.41, 5.74) is 0.300. The number of hydrogen-bond donors (Lipinski definition) is 0. The lowest BCUT2D eigenvalue weighted by atomic mass is 10.0. The third-order valence-corrected chi connectivity index (χ3v) is 6.37. The fourth-order valence-corrected chi connectivity index (χ4v) is 5.72. The van der Waals surface area contributed by atoms with Crippen LogP contribution in [0.5, 0.6) is 0 Å². The lowest BCUT2D eigenvalue weighted by Crippen LogP contribution is -2.60. The number of fused-ring (bicyclic) bond motifs is 1. The molecule has 3 heterocycles. The average Bonchev–Trinajstić information content (AvgIpc) is 2.97. The molecular formula is C15H23N3O4S. The van der Waals surface area contributed by atoms with Crippen LogP contribution >= 0.6 is 0 Å². The number of aromatic nitrogens is 1. The zero-order chi connectivity index (χ0) is 16.8. The number of carbonyl (C=O) groups excluding carboxylic acids is 1. The molecule has 2 unspecified atom stereocenters. The van der Waals surface area contributed by atoms with Gasteiger partial charge in [0.15, 0.2) is 21.4 Å². The second kappa shape index (κ2) is 5.90. The first-order valence-corrected chi connectivity index (χ1v) is 9.84. The van der Waals surface area contributed by atoms with Crippen LogP contribution in [0.1, 0.15) is 35.5 Å². The van der Waals surface area contributed by atoms with E-state index < -0.39 is 9.84 Å². The maximum Gasteiger partial charge on any atom is 0.276 e. The number of amides is 1. The van der Waals surface area contributed by atoms with Gasteiger partial charge >= 0.3 is 0 Å². The standard InChI is InChI=1S/C15H23N3O4S/c1-4-5-17-6-7-18(13-9-23(20,21)8-12(13)17)15(19)14-10(2)22-11(3)16-14/h12-13H,4-9H2,1-3H3. The van der Waals surface area contributed by atoms with Crippen molar-refractivity contribution < 1.29 is 17.6 Å². The van der Waals surface area contributed by atoms with Crippen LogP contribution in [0.15, 0.2) is 4.42 Å². The van der Waals surface area contributed by atoms with Gasteiger partial charge in [0.05, 0.1) is 17.5 Å². The second-order valence-corrected chi connectivity index (χ2v) is 8.54. The highest BCUT2D eigenvalue weighted by atomic mass is 32.2. The summed E-state index contributed by atoms with van der Waals surface area (Å²) in [5, 5.41) is 0. The van der Waals surface area contributed by atoms with Crippen molar-refractivity contribution in [3.05, 3.63) is 17.3 Å². The average molecular weight is 341 g/mol. The minimum absolute atomic E-state index is 0.0412. The number of hydrogen-bond acceptors (Lipinski definition) is 6. The van der Waals surface area contributed by atoms with Crippen molar-refractivity contribution in [3.8, 4) is 0 Å². The Labute approximate surface area is 136 Å².